The maximum atomic E-state index is 10.5. The number of hydrazine groups is 1. The number of rotatable bonds is 4. The first-order valence-corrected chi connectivity index (χ1v) is 9.82. The average molecular weight is 397 g/mol. The molecule has 3 aromatic rings. The van der Waals surface area contributed by atoms with Gasteiger partial charge < -0.3 is 14.8 Å². The predicted molar refractivity (Wildman–Crippen MR) is 116 cm³/mol. The molecule has 0 saturated carbocycles. The minimum Gasteiger partial charge on any atom is -0.508 e. The molecule has 2 heterocycles. The van der Waals surface area contributed by atoms with E-state index in [-0.39, 0.29) is 17.7 Å². The van der Waals surface area contributed by atoms with Gasteiger partial charge in [0.1, 0.15) is 17.7 Å². The number of anilines is 1. The zero-order valence-electron chi connectivity index (χ0n) is 16.2. The number of thiocarbonyl (C=S) groups is 1. The van der Waals surface area contributed by atoms with Gasteiger partial charge in [0, 0.05) is 41.5 Å². The highest BCUT2D eigenvalue weighted by Gasteiger charge is 2.33. The number of aryl methyl sites for hydroxylation is 3. The van der Waals surface area contributed by atoms with Crippen molar-refractivity contribution in [1.82, 2.24) is 15.4 Å². The Bertz CT molecular complexity index is 1080. The van der Waals surface area contributed by atoms with Crippen molar-refractivity contribution in [3.8, 4) is 11.5 Å². The van der Waals surface area contributed by atoms with Gasteiger partial charge in [0.2, 0.25) is 0 Å². The number of benzene rings is 2. The summed E-state index contributed by atoms with van der Waals surface area (Å²) in [7, 11) is 2.05. The van der Waals surface area contributed by atoms with Crippen LogP contribution in [0.2, 0.25) is 0 Å². The molecule has 1 saturated heterocycles. The van der Waals surface area contributed by atoms with Crippen LogP contribution < -0.4 is 15.8 Å². The lowest BCUT2D eigenvalue weighted by Gasteiger charge is -2.26. The first kappa shape index (κ1) is 18.6. The SMILES string of the molecule is CCc1cc(C2NNC(=S)N2c2ccc3c(c2)c(CC)cn3C)c(O)cc1O. The predicted octanol–water partition coefficient (Wildman–Crippen LogP) is 3.61. The van der Waals surface area contributed by atoms with E-state index in [4.69, 9.17) is 12.2 Å². The fourth-order valence-electron chi connectivity index (χ4n) is 3.89. The third-order valence-corrected chi connectivity index (χ3v) is 5.71. The fourth-order valence-corrected chi connectivity index (χ4v) is 4.16. The molecule has 0 radical (unpaired) electrons. The molecule has 1 fully saturated rings. The Morgan fingerprint density at radius 1 is 1.04 bits per heavy atom. The van der Waals surface area contributed by atoms with E-state index >= 15 is 0 Å². The highest BCUT2D eigenvalue weighted by Crippen LogP contribution is 2.37. The maximum Gasteiger partial charge on any atom is 0.189 e. The van der Waals surface area contributed by atoms with E-state index in [9.17, 15) is 10.2 Å². The third kappa shape index (κ3) is 2.87. The number of phenolic OH excluding ortho intramolecular Hbond substituents is 2. The molecule has 0 aliphatic carbocycles. The van der Waals surface area contributed by atoms with Crippen molar-refractivity contribution in [2.75, 3.05) is 4.90 Å². The second-order valence-corrected chi connectivity index (χ2v) is 7.45. The molecule has 0 bridgehead atoms. The van der Waals surface area contributed by atoms with Crippen LogP contribution in [0.5, 0.6) is 11.5 Å². The highest BCUT2D eigenvalue weighted by molar-refractivity contribution is 7.80. The van der Waals surface area contributed by atoms with Crippen LogP contribution in [0.3, 0.4) is 0 Å². The van der Waals surface area contributed by atoms with E-state index in [0.717, 1.165) is 17.7 Å². The Morgan fingerprint density at radius 3 is 2.50 bits per heavy atom. The van der Waals surface area contributed by atoms with E-state index in [1.807, 2.05) is 31.0 Å². The fraction of sp³-hybridized carbons (Fsp3) is 0.286. The molecule has 4 N–H and O–H groups in total. The van der Waals surface area contributed by atoms with Crippen molar-refractivity contribution in [1.29, 1.82) is 0 Å². The first-order valence-electron chi connectivity index (χ1n) is 9.42. The standard InChI is InChI=1S/C21H24N4O2S/c1-4-12-8-16(19(27)10-18(12)26)20-22-23-21(28)25(20)14-6-7-17-15(9-14)13(5-2)11-24(17)3/h6-11,20,22,26-27H,4-5H2,1-3H3,(H,23,28). The van der Waals surface area contributed by atoms with Crippen molar-refractivity contribution in [3.63, 3.8) is 0 Å². The van der Waals surface area contributed by atoms with Gasteiger partial charge in [-0.1, -0.05) is 13.8 Å². The highest BCUT2D eigenvalue weighted by atomic mass is 32.1. The lowest BCUT2D eigenvalue weighted by molar-refractivity contribution is 0.433. The van der Waals surface area contributed by atoms with E-state index in [0.29, 0.717) is 17.1 Å². The summed E-state index contributed by atoms with van der Waals surface area (Å²) >= 11 is 5.54. The summed E-state index contributed by atoms with van der Waals surface area (Å²) in [5.41, 5.74) is 11.0. The lowest BCUT2D eigenvalue weighted by atomic mass is 10.0. The van der Waals surface area contributed by atoms with Gasteiger partial charge in [0.25, 0.3) is 0 Å². The molecule has 146 valence electrons. The average Bonchev–Trinajstić information content (AvgIpc) is 3.21. The Balaban J connectivity index is 1.82. The number of nitrogens with zero attached hydrogens (tertiary/aromatic N) is 2. The maximum absolute atomic E-state index is 10.5. The van der Waals surface area contributed by atoms with Gasteiger partial charge in [-0.3, -0.25) is 10.3 Å². The van der Waals surface area contributed by atoms with E-state index in [2.05, 4.69) is 40.7 Å². The summed E-state index contributed by atoms with van der Waals surface area (Å²) in [6.07, 6.45) is 3.39. The van der Waals surface area contributed by atoms with E-state index in [1.54, 1.807) is 0 Å². The molecule has 1 aromatic heterocycles. The van der Waals surface area contributed by atoms with Gasteiger partial charge in [0.15, 0.2) is 5.11 Å². The third-order valence-electron chi connectivity index (χ3n) is 5.41. The molecular formula is C21H24N4O2S. The topological polar surface area (TPSA) is 72.7 Å². The zero-order chi connectivity index (χ0) is 20.0. The largest absolute Gasteiger partial charge is 0.508 e. The Morgan fingerprint density at radius 2 is 1.79 bits per heavy atom. The lowest BCUT2D eigenvalue weighted by Crippen LogP contribution is -2.29. The molecule has 1 atom stereocenters. The molecule has 1 aliphatic heterocycles. The van der Waals surface area contributed by atoms with Crippen LogP contribution in [0.15, 0.2) is 36.5 Å². The van der Waals surface area contributed by atoms with Crippen LogP contribution in [-0.2, 0) is 19.9 Å². The van der Waals surface area contributed by atoms with Crippen molar-refractivity contribution >= 4 is 33.9 Å². The second-order valence-electron chi connectivity index (χ2n) is 7.06. The molecule has 0 amide bonds. The van der Waals surface area contributed by atoms with Gasteiger partial charge in [-0.15, -0.1) is 0 Å². The minimum atomic E-state index is -0.385. The molecular weight excluding hydrogens is 372 g/mol. The molecule has 6 nitrogen and oxygen atoms in total. The van der Waals surface area contributed by atoms with Gasteiger partial charge in [-0.2, -0.15) is 0 Å². The van der Waals surface area contributed by atoms with Crippen LogP contribution in [0.4, 0.5) is 5.69 Å². The molecule has 2 aromatic carbocycles. The van der Waals surface area contributed by atoms with Crippen LogP contribution in [0, 0.1) is 0 Å². The molecule has 7 heteroatoms. The number of hydrogen-bond acceptors (Lipinski definition) is 4. The quantitative estimate of drug-likeness (QED) is 0.505. The van der Waals surface area contributed by atoms with Gasteiger partial charge in [0.05, 0.1) is 0 Å². The van der Waals surface area contributed by atoms with E-state index in [1.165, 1.54) is 22.5 Å². The number of aromatic hydroxyl groups is 2. The van der Waals surface area contributed by atoms with Crippen LogP contribution in [-0.4, -0.2) is 19.9 Å². The van der Waals surface area contributed by atoms with Gasteiger partial charge in [-0.25, -0.2) is 5.43 Å². The Labute approximate surface area is 169 Å². The van der Waals surface area contributed by atoms with Crippen molar-refractivity contribution in [2.24, 2.45) is 7.05 Å². The summed E-state index contributed by atoms with van der Waals surface area (Å²) < 4.78 is 2.13. The second kappa shape index (κ2) is 7.00. The zero-order valence-corrected chi connectivity index (χ0v) is 17.0. The Kier molecular flexibility index (Phi) is 4.64. The van der Waals surface area contributed by atoms with Gasteiger partial charge in [-0.05, 0) is 60.5 Å². The first-order chi connectivity index (χ1) is 13.4. The molecule has 28 heavy (non-hydrogen) atoms. The summed E-state index contributed by atoms with van der Waals surface area (Å²) in [5, 5.41) is 22.2. The number of nitrogens with one attached hydrogen (secondary N) is 2. The summed E-state index contributed by atoms with van der Waals surface area (Å²) in [6, 6.07) is 9.48. The molecule has 4 rings (SSSR count). The molecule has 0 spiro atoms. The van der Waals surface area contributed by atoms with E-state index < -0.39 is 0 Å². The van der Waals surface area contributed by atoms with Crippen molar-refractivity contribution < 1.29 is 10.2 Å². The normalized spacial score (nSPS) is 16.8. The van der Waals surface area contributed by atoms with Crippen LogP contribution in [0.25, 0.3) is 10.9 Å². The van der Waals surface area contributed by atoms with Crippen molar-refractivity contribution in [3.05, 3.63) is 53.2 Å². The monoisotopic (exact) mass is 396 g/mol. The number of aromatic nitrogens is 1. The summed E-state index contributed by atoms with van der Waals surface area (Å²) in [6.45, 7) is 4.11. The van der Waals surface area contributed by atoms with Gasteiger partial charge >= 0.3 is 0 Å². The van der Waals surface area contributed by atoms with Crippen molar-refractivity contribution in [2.45, 2.75) is 32.9 Å². The minimum absolute atomic E-state index is 0.0266. The Hall–Kier alpha value is -2.77. The smallest absolute Gasteiger partial charge is 0.189 e. The number of hydrogen-bond donors (Lipinski definition) is 4. The number of fused-ring (bicyclic) bond motifs is 1. The molecule has 1 aliphatic rings. The molecule has 1 unspecified atom stereocenters. The van der Waals surface area contributed by atoms with Crippen LogP contribution >= 0.6 is 12.2 Å². The summed E-state index contributed by atoms with van der Waals surface area (Å²) in [5.74, 6) is 0.126. The van der Waals surface area contributed by atoms with Crippen LogP contribution in [0.1, 0.15) is 36.7 Å². The summed E-state index contributed by atoms with van der Waals surface area (Å²) in [4.78, 5) is 1.95. The number of phenols is 2.